The molecule has 3 nitrogen and oxygen atoms in total. The van der Waals surface area contributed by atoms with Gasteiger partial charge in [0.2, 0.25) is 0 Å². The molecule has 0 aliphatic heterocycles. The highest BCUT2D eigenvalue weighted by Crippen LogP contribution is 2.15. The molecule has 0 unspecified atom stereocenters. The molecule has 1 aromatic heterocycles. The van der Waals surface area contributed by atoms with Crippen molar-refractivity contribution in [2.75, 3.05) is 0 Å². The van der Waals surface area contributed by atoms with Crippen molar-refractivity contribution in [3.63, 3.8) is 0 Å². The van der Waals surface area contributed by atoms with Crippen molar-refractivity contribution >= 4 is 23.1 Å². The molecule has 0 spiro atoms. The lowest BCUT2D eigenvalue weighted by Gasteiger charge is -2.13. The highest BCUT2D eigenvalue weighted by atomic mass is 19.2. The van der Waals surface area contributed by atoms with Crippen LogP contribution >= 0.6 is 0 Å². The zero-order chi connectivity index (χ0) is 22.0. The molecule has 4 rings (SSSR count). The number of rotatable bonds is 4. The van der Waals surface area contributed by atoms with Crippen LogP contribution < -0.4 is 16.0 Å². The molecule has 1 N–H and O–H groups in total. The fraction of sp³-hybridized carbons (Fsp3) is 0.115. The van der Waals surface area contributed by atoms with Gasteiger partial charge in [-0.3, -0.25) is 4.79 Å². The van der Waals surface area contributed by atoms with Crippen LogP contribution in [0.2, 0.25) is 0 Å². The number of pyridine rings is 1. The van der Waals surface area contributed by atoms with Gasteiger partial charge in [0.15, 0.2) is 17.1 Å². The number of aryl methyl sites for hydroxylation is 1. The SMILES string of the molecule is CCCn1c(=C\c2ccccc2)/c(=C/c2ccc(O)cc2)c(=O)c2cc(F)c(F)cc21. The van der Waals surface area contributed by atoms with Crippen LogP contribution in [0, 0.1) is 11.6 Å². The minimum Gasteiger partial charge on any atom is -0.508 e. The van der Waals surface area contributed by atoms with E-state index in [-0.39, 0.29) is 16.6 Å². The van der Waals surface area contributed by atoms with Gasteiger partial charge in [0.25, 0.3) is 0 Å². The van der Waals surface area contributed by atoms with E-state index in [1.165, 1.54) is 12.1 Å². The zero-order valence-electron chi connectivity index (χ0n) is 17.0. The molecule has 0 atom stereocenters. The number of aromatic hydroxyl groups is 1. The summed E-state index contributed by atoms with van der Waals surface area (Å²) in [5, 5.41) is 10.7. The van der Waals surface area contributed by atoms with Crippen LogP contribution in [0.1, 0.15) is 24.5 Å². The molecular formula is C26H21F2NO2. The van der Waals surface area contributed by atoms with Crippen molar-refractivity contribution in [2.24, 2.45) is 0 Å². The lowest BCUT2D eigenvalue weighted by Crippen LogP contribution is -2.46. The van der Waals surface area contributed by atoms with E-state index < -0.39 is 11.6 Å². The number of phenolic OH excluding ortho intramolecular Hbond substituents is 1. The quantitative estimate of drug-likeness (QED) is 0.544. The van der Waals surface area contributed by atoms with E-state index in [2.05, 4.69) is 0 Å². The molecule has 0 bridgehead atoms. The van der Waals surface area contributed by atoms with Gasteiger partial charge >= 0.3 is 0 Å². The van der Waals surface area contributed by atoms with Gasteiger partial charge in [0.1, 0.15) is 5.75 Å². The maximum Gasteiger partial charge on any atom is 0.197 e. The van der Waals surface area contributed by atoms with Gasteiger partial charge < -0.3 is 9.67 Å². The molecule has 0 aliphatic rings. The lowest BCUT2D eigenvalue weighted by molar-refractivity contribution is 0.475. The molecule has 31 heavy (non-hydrogen) atoms. The Kier molecular flexibility index (Phi) is 5.67. The van der Waals surface area contributed by atoms with Crippen LogP contribution in [0.25, 0.3) is 23.1 Å². The van der Waals surface area contributed by atoms with Gasteiger partial charge in [-0.05, 0) is 47.9 Å². The van der Waals surface area contributed by atoms with E-state index >= 15 is 0 Å². The van der Waals surface area contributed by atoms with E-state index in [0.29, 0.717) is 28.2 Å². The predicted molar refractivity (Wildman–Crippen MR) is 119 cm³/mol. The minimum absolute atomic E-state index is 0.118. The molecule has 1 heterocycles. The summed E-state index contributed by atoms with van der Waals surface area (Å²) in [7, 11) is 0. The Morgan fingerprint density at radius 1 is 0.903 bits per heavy atom. The Labute approximate surface area is 177 Å². The van der Waals surface area contributed by atoms with Gasteiger partial charge in [-0.1, -0.05) is 49.4 Å². The summed E-state index contributed by atoms with van der Waals surface area (Å²) in [6, 6.07) is 18.1. The third-order valence-corrected chi connectivity index (χ3v) is 5.14. The highest BCUT2D eigenvalue weighted by Gasteiger charge is 2.13. The molecular weight excluding hydrogens is 396 g/mol. The van der Waals surface area contributed by atoms with Crippen LogP contribution in [-0.2, 0) is 6.54 Å². The van der Waals surface area contributed by atoms with E-state index in [1.807, 2.05) is 47.9 Å². The summed E-state index contributed by atoms with van der Waals surface area (Å²) in [5.74, 6) is -1.92. The molecule has 0 saturated carbocycles. The number of aromatic nitrogens is 1. The Balaban J connectivity index is 2.21. The number of hydrogen-bond acceptors (Lipinski definition) is 2. The Bertz CT molecular complexity index is 1420. The summed E-state index contributed by atoms with van der Waals surface area (Å²) in [5.41, 5.74) is 1.57. The molecule has 156 valence electrons. The largest absolute Gasteiger partial charge is 0.508 e. The molecule has 0 aliphatic carbocycles. The van der Waals surface area contributed by atoms with Crippen LogP contribution in [0.3, 0.4) is 0 Å². The van der Waals surface area contributed by atoms with Crippen molar-refractivity contribution in [2.45, 2.75) is 19.9 Å². The number of benzene rings is 3. The molecule has 3 aromatic carbocycles. The predicted octanol–water partition coefficient (Wildman–Crippen LogP) is 4.05. The number of halogens is 2. The number of hydrogen-bond donors (Lipinski definition) is 1. The van der Waals surface area contributed by atoms with Crippen molar-refractivity contribution in [1.82, 2.24) is 4.57 Å². The average molecular weight is 417 g/mol. The monoisotopic (exact) mass is 417 g/mol. The van der Waals surface area contributed by atoms with Crippen molar-refractivity contribution in [3.05, 3.63) is 110 Å². The fourth-order valence-electron chi connectivity index (χ4n) is 3.68. The number of fused-ring (bicyclic) bond motifs is 1. The number of nitrogens with zero attached hydrogens (tertiary/aromatic N) is 1. The van der Waals surface area contributed by atoms with Gasteiger partial charge in [-0.25, -0.2) is 8.78 Å². The molecule has 4 aromatic rings. The second kappa shape index (κ2) is 8.56. The second-order valence-corrected chi connectivity index (χ2v) is 7.35. The summed E-state index contributed by atoms with van der Waals surface area (Å²) in [4.78, 5) is 13.4. The fourth-order valence-corrected chi connectivity index (χ4v) is 3.68. The van der Waals surface area contributed by atoms with E-state index in [9.17, 15) is 18.7 Å². The Morgan fingerprint density at radius 3 is 2.23 bits per heavy atom. The first kappa shape index (κ1) is 20.5. The average Bonchev–Trinajstić information content (AvgIpc) is 2.77. The molecule has 0 radical (unpaired) electrons. The highest BCUT2D eigenvalue weighted by molar-refractivity contribution is 5.80. The van der Waals surface area contributed by atoms with E-state index in [4.69, 9.17) is 0 Å². The lowest BCUT2D eigenvalue weighted by atomic mass is 10.1. The first-order valence-corrected chi connectivity index (χ1v) is 10.1. The van der Waals surface area contributed by atoms with Crippen LogP contribution in [0.4, 0.5) is 8.78 Å². The van der Waals surface area contributed by atoms with Crippen molar-refractivity contribution < 1.29 is 13.9 Å². The maximum absolute atomic E-state index is 14.1. The van der Waals surface area contributed by atoms with Gasteiger partial charge in [-0.15, -0.1) is 0 Å². The summed E-state index contributed by atoms with van der Waals surface area (Å²) in [6.45, 7) is 2.51. The maximum atomic E-state index is 14.1. The van der Waals surface area contributed by atoms with Crippen LogP contribution in [0.5, 0.6) is 5.75 Å². The standard InChI is InChI=1S/C26H21F2NO2/c1-2-12-29-24(14-17-6-4-3-5-7-17)20(13-18-8-10-19(30)11-9-18)26(31)21-15-22(27)23(28)16-25(21)29/h3-11,13-16,30H,2,12H2,1H3/b20-13-,24-14-. The first-order valence-electron chi connectivity index (χ1n) is 10.1. The van der Waals surface area contributed by atoms with Crippen molar-refractivity contribution in [3.8, 4) is 5.75 Å². The molecule has 0 saturated heterocycles. The zero-order valence-corrected chi connectivity index (χ0v) is 17.0. The van der Waals surface area contributed by atoms with Gasteiger partial charge in [-0.2, -0.15) is 0 Å². The molecule has 0 amide bonds. The van der Waals surface area contributed by atoms with Crippen LogP contribution in [-0.4, -0.2) is 9.67 Å². The number of phenols is 1. The molecule has 5 heteroatoms. The summed E-state index contributed by atoms with van der Waals surface area (Å²) < 4.78 is 30.0. The first-order chi connectivity index (χ1) is 15.0. The van der Waals surface area contributed by atoms with Gasteiger partial charge in [0, 0.05) is 23.2 Å². The van der Waals surface area contributed by atoms with Crippen LogP contribution in [0.15, 0.2) is 71.5 Å². The summed E-state index contributed by atoms with van der Waals surface area (Å²) >= 11 is 0. The third kappa shape index (κ3) is 4.12. The van der Waals surface area contributed by atoms with Gasteiger partial charge in [0.05, 0.1) is 10.9 Å². The van der Waals surface area contributed by atoms with E-state index in [1.54, 1.807) is 18.2 Å². The second-order valence-electron chi connectivity index (χ2n) is 7.35. The minimum atomic E-state index is -1.05. The van der Waals surface area contributed by atoms with Crippen molar-refractivity contribution in [1.29, 1.82) is 0 Å². The smallest absolute Gasteiger partial charge is 0.197 e. The normalized spacial score (nSPS) is 12.6. The third-order valence-electron chi connectivity index (χ3n) is 5.14. The van der Waals surface area contributed by atoms with E-state index in [0.717, 1.165) is 24.1 Å². The Hall–Kier alpha value is -3.73. The molecule has 0 fully saturated rings. The summed E-state index contributed by atoms with van der Waals surface area (Å²) in [6.07, 6.45) is 4.33. The Morgan fingerprint density at radius 2 is 1.55 bits per heavy atom. The topological polar surface area (TPSA) is 42.2 Å².